The lowest BCUT2D eigenvalue weighted by Gasteiger charge is -2.09. The molecule has 0 aliphatic rings. The highest BCUT2D eigenvalue weighted by molar-refractivity contribution is 8.00. The first-order valence-corrected chi connectivity index (χ1v) is 10.9. The first-order chi connectivity index (χ1) is 14.5. The van der Waals surface area contributed by atoms with Crippen molar-refractivity contribution in [3.05, 3.63) is 70.0 Å². The number of halogens is 2. The van der Waals surface area contributed by atoms with Gasteiger partial charge in [0.25, 0.3) is 0 Å². The van der Waals surface area contributed by atoms with E-state index in [0.29, 0.717) is 22.3 Å². The van der Waals surface area contributed by atoms with Crippen LogP contribution in [0.15, 0.2) is 52.4 Å². The van der Waals surface area contributed by atoms with Crippen molar-refractivity contribution >= 4 is 57.6 Å². The maximum Gasteiger partial charge on any atom is 0.234 e. The first-order valence-electron chi connectivity index (χ1n) is 9.15. The number of nitrogens with zero attached hydrogens (tertiary/aromatic N) is 3. The maximum absolute atomic E-state index is 12.5. The second kappa shape index (κ2) is 8.71. The summed E-state index contributed by atoms with van der Waals surface area (Å²) in [6.07, 6.45) is 3.17. The molecule has 30 heavy (non-hydrogen) atoms. The third-order valence-corrected chi connectivity index (χ3v) is 6.45. The smallest absolute Gasteiger partial charge is 0.234 e. The number of aromatic nitrogens is 3. The topological polar surface area (TPSA) is 73.0 Å². The summed E-state index contributed by atoms with van der Waals surface area (Å²) >= 11 is 13.6. The second-order valence-electron chi connectivity index (χ2n) is 6.69. The van der Waals surface area contributed by atoms with Gasteiger partial charge in [-0.05, 0) is 43.7 Å². The number of carbonyl (C=O) groups excluding carboxylic acids is 1. The molecule has 3 aromatic heterocycles. The summed E-state index contributed by atoms with van der Waals surface area (Å²) in [5.74, 6) is 0.792. The van der Waals surface area contributed by atoms with E-state index in [-0.39, 0.29) is 11.7 Å². The molecule has 1 N–H and O–H groups in total. The largest absolute Gasteiger partial charge is 0.467 e. The number of para-hydroxylation sites is 1. The van der Waals surface area contributed by atoms with E-state index in [4.69, 9.17) is 27.6 Å². The van der Waals surface area contributed by atoms with Crippen molar-refractivity contribution in [2.75, 3.05) is 11.1 Å². The molecule has 4 aromatic rings. The molecule has 0 radical (unpaired) electrons. The van der Waals surface area contributed by atoms with Crippen molar-refractivity contribution in [2.24, 2.45) is 0 Å². The molecule has 0 spiro atoms. The Hall–Kier alpha value is -2.48. The summed E-state index contributed by atoms with van der Waals surface area (Å²) < 4.78 is 7.59. The Morgan fingerprint density at radius 3 is 2.63 bits per heavy atom. The number of furan rings is 1. The Bertz CT molecular complexity index is 1200. The molecule has 0 fully saturated rings. The predicted molar refractivity (Wildman–Crippen MR) is 121 cm³/mol. The molecule has 0 aliphatic carbocycles. The number of amides is 1. The monoisotopic (exact) mass is 460 g/mol. The van der Waals surface area contributed by atoms with Crippen LogP contribution in [0.2, 0.25) is 10.0 Å². The minimum absolute atomic E-state index is 0.162. The minimum Gasteiger partial charge on any atom is -0.467 e. The highest BCUT2D eigenvalue weighted by atomic mass is 35.5. The lowest BCUT2D eigenvalue weighted by molar-refractivity contribution is -0.113. The van der Waals surface area contributed by atoms with Gasteiger partial charge in [0.2, 0.25) is 5.91 Å². The molecule has 0 bridgehead atoms. The molecular weight excluding hydrogens is 443 g/mol. The fourth-order valence-electron chi connectivity index (χ4n) is 3.22. The van der Waals surface area contributed by atoms with Crippen molar-refractivity contribution < 1.29 is 9.21 Å². The van der Waals surface area contributed by atoms with Crippen LogP contribution in [0, 0.1) is 13.8 Å². The van der Waals surface area contributed by atoms with Gasteiger partial charge in [0, 0.05) is 5.69 Å². The number of hydrogen-bond acceptors (Lipinski definition) is 5. The fraction of sp³-hybridized carbons (Fsp3) is 0.190. The molecule has 0 atom stereocenters. The van der Waals surface area contributed by atoms with Gasteiger partial charge in [-0.2, -0.15) is 0 Å². The van der Waals surface area contributed by atoms with Gasteiger partial charge in [-0.1, -0.05) is 41.0 Å². The molecule has 4 rings (SSSR count). The second-order valence-corrected chi connectivity index (χ2v) is 8.47. The van der Waals surface area contributed by atoms with Crippen LogP contribution in [0.1, 0.15) is 17.0 Å². The Balaban J connectivity index is 1.57. The highest BCUT2D eigenvalue weighted by Gasteiger charge is 2.18. The number of rotatable bonds is 6. The molecule has 0 aliphatic heterocycles. The van der Waals surface area contributed by atoms with Gasteiger partial charge in [-0.3, -0.25) is 4.79 Å². The van der Waals surface area contributed by atoms with Crippen LogP contribution >= 0.6 is 35.0 Å². The number of hydrogen-bond donors (Lipinski definition) is 1. The summed E-state index contributed by atoms with van der Waals surface area (Å²) in [5, 5.41) is 5.25. The Morgan fingerprint density at radius 1 is 1.17 bits per heavy atom. The van der Waals surface area contributed by atoms with Crippen LogP contribution in [-0.2, 0) is 11.3 Å². The number of thioether (sulfide) groups is 1. The van der Waals surface area contributed by atoms with Crippen LogP contribution < -0.4 is 5.32 Å². The van der Waals surface area contributed by atoms with E-state index in [0.717, 1.165) is 33.1 Å². The average molecular weight is 461 g/mol. The number of fused-ring (bicyclic) bond motifs is 1. The molecule has 0 unspecified atom stereocenters. The maximum atomic E-state index is 12.5. The Morgan fingerprint density at radius 2 is 1.93 bits per heavy atom. The molecule has 154 valence electrons. The molecule has 9 heteroatoms. The van der Waals surface area contributed by atoms with Crippen molar-refractivity contribution in [2.45, 2.75) is 25.4 Å². The standard InChI is InChI=1S/C21H18Cl2N4O2S/c1-12-13(2)27(9-14-5-4-8-29-14)20-18(12)21(25-11-24-20)30-10-17(28)26-19-15(22)6-3-7-16(19)23/h3-8,11H,9-10H2,1-2H3,(H,26,28). The van der Waals surface area contributed by atoms with Gasteiger partial charge in [-0.15, -0.1) is 0 Å². The SMILES string of the molecule is Cc1c(C)n(Cc2ccco2)c2ncnc(SCC(=O)Nc3c(Cl)cccc3Cl)c12. The number of nitrogens with one attached hydrogen (secondary N) is 1. The van der Waals surface area contributed by atoms with Crippen molar-refractivity contribution in [3.63, 3.8) is 0 Å². The zero-order valence-corrected chi connectivity index (χ0v) is 18.6. The molecule has 1 aromatic carbocycles. The summed E-state index contributed by atoms with van der Waals surface area (Å²) in [6.45, 7) is 4.66. The van der Waals surface area contributed by atoms with Gasteiger partial charge in [-0.25, -0.2) is 9.97 Å². The average Bonchev–Trinajstić information content (AvgIpc) is 3.33. The van der Waals surface area contributed by atoms with Crippen LogP contribution in [0.3, 0.4) is 0 Å². The lowest BCUT2D eigenvalue weighted by atomic mass is 10.2. The van der Waals surface area contributed by atoms with Crippen LogP contribution in [0.4, 0.5) is 5.69 Å². The quantitative estimate of drug-likeness (QED) is 0.293. The minimum atomic E-state index is -0.217. The Labute approximate surface area is 187 Å². The van der Waals surface area contributed by atoms with E-state index in [1.165, 1.54) is 18.1 Å². The first kappa shape index (κ1) is 20.8. The van der Waals surface area contributed by atoms with Crippen molar-refractivity contribution in [1.82, 2.24) is 14.5 Å². The van der Waals surface area contributed by atoms with E-state index in [9.17, 15) is 4.79 Å². The van der Waals surface area contributed by atoms with Gasteiger partial charge in [0.15, 0.2) is 0 Å². The highest BCUT2D eigenvalue weighted by Crippen LogP contribution is 2.33. The number of anilines is 1. The third kappa shape index (κ3) is 4.05. The number of aryl methyl sites for hydroxylation is 1. The predicted octanol–water partition coefficient (Wildman–Crippen LogP) is 5.73. The van der Waals surface area contributed by atoms with Gasteiger partial charge in [0.1, 0.15) is 22.8 Å². The molecule has 1 amide bonds. The summed E-state index contributed by atoms with van der Waals surface area (Å²) in [6, 6.07) is 8.88. The van der Waals surface area contributed by atoms with Crippen molar-refractivity contribution in [1.29, 1.82) is 0 Å². The molecular formula is C21H18Cl2N4O2S. The summed E-state index contributed by atoms with van der Waals surface area (Å²) in [5.41, 5.74) is 3.38. The van der Waals surface area contributed by atoms with E-state index < -0.39 is 0 Å². The molecule has 0 saturated heterocycles. The molecule has 0 saturated carbocycles. The summed E-state index contributed by atoms with van der Waals surface area (Å²) in [7, 11) is 0. The van der Waals surface area contributed by atoms with Crippen molar-refractivity contribution in [3.8, 4) is 0 Å². The Kier molecular flexibility index (Phi) is 6.04. The van der Waals surface area contributed by atoms with E-state index >= 15 is 0 Å². The zero-order valence-electron chi connectivity index (χ0n) is 16.3. The normalized spacial score (nSPS) is 11.2. The van der Waals surface area contributed by atoms with Gasteiger partial charge >= 0.3 is 0 Å². The zero-order chi connectivity index (χ0) is 21.3. The number of benzene rings is 1. The summed E-state index contributed by atoms with van der Waals surface area (Å²) in [4.78, 5) is 21.4. The molecule has 6 nitrogen and oxygen atoms in total. The van der Waals surface area contributed by atoms with Gasteiger partial charge in [0.05, 0.1) is 39.7 Å². The van der Waals surface area contributed by atoms with Gasteiger partial charge < -0.3 is 14.3 Å². The van der Waals surface area contributed by atoms with E-state index in [1.807, 2.05) is 26.0 Å². The third-order valence-electron chi connectivity index (χ3n) is 4.83. The number of carbonyl (C=O) groups is 1. The molecule has 3 heterocycles. The fourth-order valence-corrected chi connectivity index (χ4v) is 4.57. The lowest BCUT2D eigenvalue weighted by Crippen LogP contribution is -2.14. The van der Waals surface area contributed by atoms with E-state index in [2.05, 4.69) is 19.9 Å². The van der Waals surface area contributed by atoms with Crippen LogP contribution in [0.5, 0.6) is 0 Å². The van der Waals surface area contributed by atoms with Crippen LogP contribution in [-0.4, -0.2) is 26.2 Å². The van der Waals surface area contributed by atoms with Crippen LogP contribution in [0.25, 0.3) is 11.0 Å². The van der Waals surface area contributed by atoms with E-state index in [1.54, 1.807) is 24.5 Å².